The third-order valence-electron chi connectivity index (χ3n) is 2.73. The Morgan fingerprint density at radius 2 is 2.06 bits per heavy atom. The standard InChI is InChI=1S/C11H16N4S/c1-3-4-5-14-6-8-15(9-7-14)11-13-12-10(2)16-11/h1H,4-9H2,2H3. The second-order valence-electron chi connectivity index (χ2n) is 3.89. The van der Waals surface area contributed by atoms with Crippen LogP contribution in [0.3, 0.4) is 0 Å². The Labute approximate surface area is 100 Å². The lowest BCUT2D eigenvalue weighted by atomic mass is 10.3. The number of aryl methyl sites for hydroxylation is 1. The van der Waals surface area contributed by atoms with Crippen molar-refractivity contribution in [1.82, 2.24) is 15.1 Å². The first-order chi connectivity index (χ1) is 7.79. The third kappa shape index (κ3) is 2.71. The van der Waals surface area contributed by atoms with Crippen LogP contribution in [-0.4, -0.2) is 47.8 Å². The second kappa shape index (κ2) is 5.28. The summed E-state index contributed by atoms with van der Waals surface area (Å²) < 4.78 is 0. The number of piperazine rings is 1. The van der Waals surface area contributed by atoms with E-state index in [-0.39, 0.29) is 0 Å². The van der Waals surface area contributed by atoms with Gasteiger partial charge in [0.05, 0.1) is 0 Å². The fourth-order valence-electron chi connectivity index (χ4n) is 1.80. The van der Waals surface area contributed by atoms with E-state index < -0.39 is 0 Å². The number of anilines is 1. The van der Waals surface area contributed by atoms with Gasteiger partial charge < -0.3 is 4.90 Å². The highest BCUT2D eigenvalue weighted by atomic mass is 32.1. The van der Waals surface area contributed by atoms with Crippen molar-refractivity contribution in [1.29, 1.82) is 0 Å². The molecule has 0 aromatic carbocycles. The fraction of sp³-hybridized carbons (Fsp3) is 0.636. The molecule has 0 unspecified atom stereocenters. The van der Waals surface area contributed by atoms with E-state index in [1.54, 1.807) is 11.3 Å². The molecule has 0 N–H and O–H groups in total. The molecule has 0 spiro atoms. The first-order valence-electron chi connectivity index (χ1n) is 5.50. The Kier molecular flexibility index (Phi) is 3.75. The maximum absolute atomic E-state index is 5.26. The highest BCUT2D eigenvalue weighted by molar-refractivity contribution is 7.15. The number of hydrogen-bond acceptors (Lipinski definition) is 5. The van der Waals surface area contributed by atoms with Crippen molar-refractivity contribution in [3.63, 3.8) is 0 Å². The lowest BCUT2D eigenvalue weighted by molar-refractivity contribution is 0.263. The Morgan fingerprint density at radius 3 is 2.62 bits per heavy atom. The topological polar surface area (TPSA) is 32.3 Å². The van der Waals surface area contributed by atoms with Gasteiger partial charge in [-0.2, -0.15) is 0 Å². The lowest BCUT2D eigenvalue weighted by Gasteiger charge is -2.33. The number of rotatable bonds is 3. The van der Waals surface area contributed by atoms with E-state index in [4.69, 9.17) is 6.42 Å². The van der Waals surface area contributed by atoms with E-state index >= 15 is 0 Å². The summed E-state index contributed by atoms with van der Waals surface area (Å²) in [4.78, 5) is 4.71. The summed E-state index contributed by atoms with van der Waals surface area (Å²) in [7, 11) is 0. The van der Waals surface area contributed by atoms with Crippen LogP contribution in [0.5, 0.6) is 0 Å². The van der Waals surface area contributed by atoms with E-state index in [0.29, 0.717) is 0 Å². The molecule has 16 heavy (non-hydrogen) atoms. The normalized spacial score (nSPS) is 17.4. The molecular formula is C11H16N4S. The molecule has 2 rings (SSSR count). The predicted octanol–water partition coefficient (Wildman–Crippen LogP) is 0.992. The summed E-state index contributed by atoms with van der Waals surface area (Å²) in [6, 6.07) is 0. The van der Waals surface area contributed by atoms with E-state index in [2.05, 4.69) is 25.9 Å². The molecule has 1 aromatic rings. The van der Waals surface area contributed by atoms with Crippen molar-refractivity contribution < 1.29 is 0 Å². The summed E-state index contributed by atoms with van der Waals surface area (Å²) in [5, 5.41) is 10.3. The van der Waals surface area contributed by atoms with E-state index in [0.717, 1.165) is 49.3 Å². The molecule has 86 valence electrons. The van der Waals surface area contributed by atoms with Crippen LogP contribution in [0.2, 0.25) is 0 Å². The second-order valence-corrected chi connectivity index (χ2v) is 5.05. The molecule has 4 nitrogen and oxygen atoms in total. The van der Waals surface area contributed by atoms with Crippen molar-refractivity contribution >= 4 is 16.5 Å². The van der Waals surface area contributed by atoms with Crippen molar-refractivity contribution in [2.24, 2.45) is 0 Å². The molecule has 1 aromatic heterocycles. The SMILES string of the molecule is C#CCCN1CCN(c2nnc(C)s2)CC1. The Morgan fingerprint density at radius 1 is 1.31 bits per heavy atom. The van der Waals surface area contributed by atoms with Gasteiger partial charge in [-0.1, -0.05) is 11.3 Å². The monoisotopic (exact) mass is 236 g/mol. The molecular weight excluding hydrogens is 220 g/mol. The maximum atomic E-state index is 5.26. The van der Waals surface area contributed by atoms with Gasteiger partial charge in [-0.15, -0.1) is 22.5 Å². The summed E-state index contributed by atoms with van der Waals surface area (Å²) in [6.07, 6.45) is 6.11. The van der Waals surface area contributed by atoms with Crippen molar-refractivity contribution in [2.75, 3.05) is 37.6 Å². The minimum Gasteiger partial charge on any atom is -0.344 e. The van der Waals surface area contributed by atoms with Crippen molar-refractivity contribution in [3.05, 3.63) is 5.01 Å². The first kappa shape index (κ1) is 11.4. The van der Waals surface area contributed by atoms with Crippen LogP contribution in [0.4, 0.5) is 5.13 Å². The summed E-state index contributed by atoms with van der Waals surface area (Å²) >= 11 is 1.67. The first-order valence-corrected chi connectivity index (χ1v) is 6.32. The van der Waals surface area contributed by atoms with Gasteiger partial charge >= 0.3 is 0 Å². The zero-order chi connectivity index (χ0) is 11.4. The molecule has 0 radical (unpaired) electrons. The number of aromatic nitrogens is 2. The Bertz CT molecular complexity index is 374. The van der Waals surface area contributed by atoms with Crippen LogP contribution < -0.4 is 4.90 Å². The van der Waals surface area contributed by atoms with Gasteiger partial charge in [0.1, 0.15) is 5.01 Å². The third-order valence-corrected chi connectivity index (χ3v) is 3.63. The quantitative estimate of drug-likeness (QED) is 0.733. The zero-order valence-electron chi connectivity index (χ0n) is 9.52. The number of terminal acetylenes is 1. The largest absolute Gasteiger partial charge is 0.344 e. The molecule has 1 aliphatic rings. The molecule has 1 saturated heterocycles. The van der Waals surface area contributed by atoms with Crippen LogP contribution in [0.15, 0.2) is 0 Å². The minimum absolute atomic E-state index is 0.845. The predicted molar refractivity (Wildman–Crippen MR) is 66.7 cm³/mol. The van der Waals surface area contributed by atoms with Gasteiger partial charge in [-0.25, -0.2) is 0 Å². The lowest BCUT2D eigenvalue weighted by Crippen LogP contribution is -2.46. The van der Waals surface area contributed by atoms with Gasteiger partial charge in [0.15, 0.2) is 0 Å². The molecule has 0 aliphatic carbocycles. The van der Waals surface area contributed by atoms with Crippen molar-refractivity contribution in [3.8, 4) is 12.3 Å². The van der Waals surface area contributed by atoms with Gasteiger partial charge in [0.25, 0.3) is 0 Å². The van der Waals surface area contributed by atoms with Gasteiger partial charge in [0.2, 0.25) is 5.13 Å². The summed E-state index contributed by atoms with van der Waals surface area (Å²) in [5.41, 5.74) is 0. The summed E-state index contributed by atoms with van der Waals surface area (Å²) in [5.74, 6) is 2.69. The van der Waals surface area contributed by atoms with Crippen LogP contribution in [-0.2, 0) is 0 Å². The van der Waals surface area contributed by atoms with Crippen molar-refractivity contribution in [2.45, 2.75) is 13.3 Å². The Balaban J connectivity index is 1.83. The van der Waals surface area contributed by atoms with Crippen LogP contribution in [0, 0.1) is 19.3 Å². The number of hydrogen-bond donors (Lipinski definition) is 0. The molecule has 2 heterocycles. The van der Waals surface area contributed by atoms with E-state index in [1.165, 1.54) is 0 Å². The highest BCUT2D eigenvalue weighted by Gasteiger charge is 2.18. The van der Waals surface area contributed by atoms with E-state index in [9.17, 15) is 0 Å². The highest BCUT2D eigenvalue weighted by Crippen LogP contribution is 2.20. The smallest absolute Gasteiger partial charge is 0.208 e. The zero-order valence-corrected chi connectivity index (χ0v) is 10.3. The van der Waals surface area contributed by atoms with Gasteiger partial charge in [0, 0.05) is 39.1 Å². The molecule has 0 saturated carbocycles. The fourth-order valence-corrected chi connectivity index (χ4v) is 2.54. The minimum atomic E-state index is 0.845. The van der Waals surface area contributed by atoms with Crippen LogP contribution in [0.25, 0.3) is 0 Å². The molecule has 1 aliphatic heterocycles. The van der Waals surface area contributed by atoms with Crippen LogP contribution in [0.1, 0.15) is 11.4 Å². The molecule has 1 fully saturated rings. The summed E-state index contributed by atoms with van der Waals surface area (Å²) in [6.45, 7) is 7.20. The van der Waals surface area contributed by atoms with Crippen LogP contribution >= 0.6 is 11.3 Å². The molecule has 0 amide bonds. The van der Waals surface area contributed by atoms with Gasteiger partial charge in [-0.3, -0.25) is 4.90 Å². The molecule has 0 atom stereocenters. The Hall–Kier alpha value is -1.12. The average molecular weight is 236 g/mol. The number of nitrogens with zero attached hydrogens (tertiary/aromatic N) is 4. The van der Waals surface area contributed by atoms with E-state index in [1.807, 2.05) is 6.92 Å². The molecule has 5 heteroatoms. The van der Waals surface area contributed by atoms with Gasteiger partial charge in [-0.05, 0) is 6.92 Å². The molecule has 0 bridgehead atoms. The average Bonchev–Trinajstić information content (AvgIpc) is 2.74. The maximum Gasteiger partial charge on any atom is 0.208 e.